The molecule has 5 heterocycles. The van der Waals surface area contributed by atoms with Crippen LogP contribution in [0.25, 0.3) is 94.6 Å². The molecule has 0 saturated heterocycles. The zero-order valence-electron chi connectivity index (χ0n) is 45.7. The largest absolute Gasteiger partial charge is 0.486 e. The molecule has 11 rings (SSSR count). The maximum Gasteiger partial charge on any atom is 0.216 e. The van der Waals surface area contributed by atoms with Crippen molar-refractivity contribution in [2.45, 2.75) is 105 Å². The standard InChI is InChI=1S/C48H41N4O.C19H26GeN.Ir/c1-27(2)39-25-35(34-19-18-32-14-8-9-15-33(32)24-34)26-40(28(3)4)45(39)52-44-31(7)49-23-22-42(44)50-47(52)38-17-11-16-36-37-20-21-41(51-48(37)53-46(36)38)43-29(5)12-10-13-30(43)6;1-19(2,3)13-16-12-18(15-10-8-7-9-11-15)21-14-17(16)20(4,5)6;/h8-16,18-28H,1-7H3;7-10,12,14H,13H2,1-6H3;/q2*-1;. The second-order valence-corrected chi connectivity index (χ2v) is 33.5. The SMILES string of the molecule is CC(C)(C)Cc1cc(-c2[c-]cccc2)nc[c]1[Ge]([CH3])([CH3])[CH3].Cc1cccc(C)c1-c1ccc2c(n1)oc1c(-c3nc4ccnc(C)c4n3-c3c(C(C)C)cc(-c4ccc5ccccc5c4)cc3C(C)C)[c-]ccc12.[Ir]. The van der Waals surface area contributed by atoms with Gasteiger partial charge in [-0.1, -0.05) is 93.2 Å². The molecule has 0 aliphatic rings. The number of pyridine rings is 3. The van der Waals surface area contributed by atoms with Crippen LogP contribution in [0.1, 0.15) is 93.8 Å². The van der Waals surface area contributed by atoms with E-state index in [1.807, 2.05) is 36.5 Å². The van der Waals surface area contributed by atoms with Gasteiger partial charge in [0.25, 0.3) is 0 Å². The van der Waals surface area contributed by atoms with Crippen molar-refractivity contribution in [1.29, 1.82) is 0 Å². The van der Waals surface area contributed by atoms with Crippen LogP contribution in [0.2, 0.25) is 17.3 Å². The Balaban J connectivity index is 0.000000264. The summed E-state index contributed by atoms with van der Waals surface area (Å²) in [7, 11) is 0. The molecule has 381 valence electrons. The van der Waals surface area contributed by atoms with Crippen LogP contribution in [0, 0.1) is 38.3 Å². The molecule has 0 fully saturated rings. The van der Waals surface area contributed by atoms with Gasteiger partial charge in [0.15, 0.2) is 0 Å². The van der Waals surface area contributed by atoms with Crippen LogP contribution in [-0.4, -0.2) is 37.8 Å². The van der Waals surface area contributed by atoms with E-state index in [4.69, 9.17) is 24.4 Å². The molecule has 0 unspecified atom stereocenters. The van der Waals surface area contributed by atoms with Crippen LogP contribution in [0.3, 0.4) is 0 Å². The number of hydrogen-bond acceptors (Lipinski definition) is 5. The molecule has 8 heteroatoms. The number of aromatic nitrogens is 5. The van der Waals surface area contributed by atoms with Crippen molar-refractivity contribution in [3.63, 3.8) is 0 Å². The van der Waals surface area contributed by atoms with Gasteiger partial charge in [0, 0.05) is 42.9 Å². The summed E-state index contributed by atoms with van der Waals surface area (Å²) in [5.74, 6) is 8.55. The number of aryl methyl sites for hydroxylation is 3. The first kappa shape index (κ1) is 53.3. The summed E-state index contributed by atoms with van der Waals surface area (Å²) >= 11 is -1.90. The van der Waals surface area contributed by atoms with E-state index in [0.717, 1.165) is 79.1 Å². The minimum Gasteiger partial charge on any atom is -0.486 e. The molecule has 6 aromatic carbocycles. The second kappa shape index (κ2) is 21.3. The van der Waals surface area contributed by atoms with Crippen LogP contribution in [-0.2, 0) is 26.5 Å². The number of nitrogens with zero attached hydrogens (tertiary/aromatic N) is 5. The summed E-state index contributed by atoms with van der Waals surface area (Å²) in [6, 6.07) is 54.0. The Bertz CT molecular complexity index is 3840. The van der Waals surface area contributed by atoms with Gasteiger partial charge in [0.2, 0.25) is 5.71 Å². The third kappa shape index (κ3) is 10.7. The molecule has 0 saturated carbocycles. The van der Waals surface area contributed by atoms with Crippen LogP contribution in [0.15, 0.2) is 150 Å². The zero-order chi connectivity index (χ0) is 52.2. The molecule has 5 aromatic heterocycles. The van der Waals surface area contributed by atoms with Gasteiger partial charge in [-0.15, -0.1) is 18.2 Å². The van der Waals surface area contributed by atoms with E-state index in [0.29, 0.717) is 11.1 Å². The van der Waals surface area contributed by atoms with E-state index in [1.54, 1.807) is 0 Å². The summed E-state index contributed by atoms with van der Waals surface area (Å²) in [5, 5.41) is 4.44. The monoisotopic (exact) mass is 1220 g/mol. The quantitative estimate of drug-likeness (QED) is 0.106. The van der Waals surface area contributed by atoms with Crippen molar-refractivity contribution in [1.82, 2.24) is 24.5 Å². The molecule has 1 radical (unpaired) electrons. The van der Waals surface area contributed by atoms with E-state index < -0.39 is 13.3 Å². The Morgan fingerprint density at radius 2 is 1.36 bits per heavy atom. The predicted octanol–water partition coefficient (Wildman–Crippen LogP) is 17.5. The van der Waals surface area contributed by atoms with Gasteiger partial charge in [-0.25, -0.2) is 4.98 Å². The predicted molar refractivity (Wildman–Crippen MR) is 314 cm³/mol. The maximum atomic E-state index is 6.75. The van der Waals surface area contributed by atoms with Gasteiger partial charge >= 0.3 is 132 Å². The Kier molecular flexibility index (Phi) is 15.1. The Morgan fingerprint density at radius 1 is 0.653 bits per heavy atom. The smallest absolute Gasteiger partial charge is 0.216 e. The molecule has 0 aliphatic carbocycles. The molecule has 0 spiro atoms. The van der Waals surface area contributed by atoms with Crippen LogP contribution < -0.4 is 4.40 Å². The van der Waals surface area contributed by atoms with Crippen molar-refractivity contribution < 1.29 is 24.5 Å². The van der Waals surface area contributed by atoms with Gasteiger partial charge in [0.1, 0.15) is 0 Å². The summed E-state index contributed by atoms with van der Waals surface area (Å²) in [6.45, 7) is 22.4. The number of rotatable bonds is 9. The minimum absolute atomic E-state index is 0. The number of imidazole rings is 1. The van der Waals surface area contributed by atoms with Crippen LogP contribution in [0.4, 0.5) is 0 Å². The molecule has 0 atom stereocenters. The molecule has 75 heavy (non-hydrogen) atoms. The first-order chi connectivity index (χ1) is 35.3. The Morgan fingerprint density at radius 3 is 2.03 bits per heavy atom. The number of hydrogen-bond donors (Lipinski definition) is 0. The third-order valence-corrected chi connectivity index (χ3v) is 18.6. The van der Waals surface area contributed by atoms with E-state index in [1.165, 1.54) is 54.1 Å². The number of benzene rings is 6. The van der Waals surface area contributed by atoms with Gasteiger partial charge in [-0.2, -0.15) is 0 Å². The molecular formula is C67H67GeIrN5O-2. The zero-order valence-corrected chi connectivity index (χ0v) is 50.2. The van der Waals surface area contributed by atoms with Crippen molar-refractivity contribution in [2.24, 2.45) is 5.41 Å². The van der Waals surface area contributed by atoms with E-state index >= 15 is 0 Å². The normalized spacial score (nSPS) is 12.0. The summed E-state index contributed by atoms with van der Waals surface area (Å²) in [4.78, 5) is 20.0. The van der Waals surface area contributed by atoms with Gasteiger partial charge in [-0.3, -0.25) is 9.97 Å². The third-order valence-electron chi connectivity index (χ3n) is 14.2. The molecule has 0 amide bonds. The van der Waals surface area contributed by atoms with Crippen molar-refractivity contribution in [3.8, 4) is 50.7 Å². The summed E-state index contributed by atoms with van der Waals surface area (Å²) in [6.07, 6.45) is 5.09. The van der Waals surface area contributed by atoms with Gasteiger partial charge in [0.05, 0.1) is 33.8 Å². The number of furan rings is 1. The maximum absolute atomic E-state index is 6.75. The summed E-state index contributed by atoms with van der Waals surface area (Å²) < 4.78 is 10.6. The van der Waals surface area contributed by atoms with E-state index in [-0.39, 0.29) is 31.9 Å². The fraction of sp³-hybridized carbons (Fsp3) is 0.254. The molecular weight excluding hydrogens is 1160 g/mol. The molecule has 0 aliphatic heterocycles. The van der Waals surface area contributed by atoms with Crippen LogP contribution >= 0.6 is 0 Å². The Hall–Kier alpha value is -6.51. The van der Waals surface area contributed by atoms with Crippen molar-refractivity contribution in [2.75, 3.05) is 0 Å². The van der Waals surface area contributed by atoms with Crippen LogP contribution in [0.5, 0.6) is 0 Å². The van der Waals surface area contributed by atoms with E-state index in [2.05, 4.69) is 213 Å². The van der Waals surface area contributed by atoms with Crippen molar-refractivity contribution >= 4 is 61.5 Å². The summed E-state index contributed by atoms with van der Waals surface area (Å²) in [5.41, 5.74) is 19.3. The molecule has 0 N–H and O–H groups in total. The van der Waals surface area contributed by atoms with Gasteiger partial charge < -0.3 is 8.98 Å². The molecule has 11 aromatic rings. The minimum atomic E-state index is -1.90. The fourth-order valence-corrected chi connectivity index (χ4v) is 14.0. The van der Waals surface area contributed by atoms with Crippen molar-refractivity contribution in [3.05, 3.63) is 191 Å². The second-order valence-electron chi connectivity index (χ2n) is 22.9. The molecule has 0 bridgehead atoms. The number of fused-ring (bicyclic) bond motifs is 5. The van der Waals surface area contributed by atoms with E-state index in [9.17, 15) is 0 Å². The molecule has 6 nitrogen and oxygen atoms in total. The first-order valence-electron chi connectivity index (χ1n) is 26.1. The topological polar surface area (TPSA) is 69.6 Å². The fourth-order valence-electron chi connectivity index (χ4n) is 10.7. The average molecular weight is 1220 g/mol. The Labute approximate surface area is 459 Å². The average Bonchev–Trinajstić information content (AvgIpc) is 3.97. The van der Waals surface area contributed by atoms with Gasteiger partial charge in [-0.05, 0) is 113 Å². The first-order valence-corrected chi connectivity index (χ1v) is 33.5.